The number of benzene rings is 1. The molecule has 0 aliphatic carbocycles. The second-order valence-corrected chi connectivity index (χ2v) is 10.1. The normalized spacial score (nSPS) is 19.6. The van der Waals surface area contributed by atoms with E-state index in [1.807, 2.05) is 24.3 Å². The highest BCUT2D eigenvalue weighted by atomic mass is 79.9. The van der Waals surface area contributed by atoms with Gasteiger partial charge in [0.05, 0.1) is 20.9 Å². The van der Waals surface area contributed by atoms with Crippen LogP contribution in [-0.2, 0) is 10.0 Å². The van der Waals surface area contributed by atoms with Crippen LogP contribution in [0.4, 0.5) is 0 Å². The van der Waals surface area contributed by atoms with Crippen molar-refractivity contribution in [1.82, 2.24) is 14.3 Å². The molecule has 120 valence electrons. The fraction of sp³-hybridized carbons (Fsp3) is 0.267. The van der Waals surface area contributed by atoms with Gasteiger partial charge in [-0.25, -0.2) is 13.4 Å². The number of rotatable bonds is 3. The molecule has 1 unspecified atom stereocenters. The first-order valence-corrected chi connectivity index (χ1v) is 10.3. The third-order valence-electron chi connectivity index (χ3n) is 4.04. The van der Waals surface area contributed by atoms with E-state index < -0.39 is 10.0 Å². The largest absolute Gasteiger partial charge is 0.341 e. The number of halogens is 1. The van der Waals surface area contributed by atoms with Gasteiger partial charge in [-0.15, -0.1) is 11.3 Å². The summed E-state index contributed by atoms with van der Waals surface area (Å²) in [6, 6.07) is 10.9. The summed E-state index contributed by atoms with van der Waals surface area (Å²) in [7, 11) is -3.49. The van der Waals surface area contributed by atoms with Crippen molar-refractivity contribution in [3.05, 3.63) is 46.0 Å². The van der Waals surface area contributed by atoms with Crippen molar-refractivity contribution in [1.29, 1.82) is 0 Å². The molecule has 0 amide bonds. The molecular formula is C15H14BrN3O2S2. The van der Waals surface area contributed by atoms with E-state index in [0.717, 1.165) is 33.5 Å². The minimum Gasteiger partial charge on any atom is -0.341 e. The van der Waals surface area contributed by atoms with Crippen molar-refractivity contribution in [2.45, 2.75) is 23.1 Å². The van der Waals surface area contributed by atoms with E-state index in [1.54, 1.807) is 16.4 Å². The van der Waals surface area contributed by atoms with Gasteiger partial charge in [0, 0.05) is 6.54 Å². The van der Waals surface area contributed by atoms with Crippen LogP contribution in [0.25, 0.3) is 11.0 Å². The summed E-state index contributed by atoms with van der Waals surface area (Å²) >= 11 is 4.57. The Morgan fingerprint density at radius 3 is 2.83 bits per heavy atom. The molecule has 0 saturated carbocycles. The maximum atomic E-state index is 12.9. The van der Waals surface area contributed by atoms with Gasteiger partial charge < -0.3 is 4.98 Å². The highest BCUT2D eigenvalue weighted by molar-refractivity contribution is 9.11. The lowest BCUT2D eigenvalue weighted by molar-refractivity contribution is 0.387. The number of H-pyrrole nitrogens is 1. The van der Waals surface area contributed by atoms with Crippen molar-refractivity contribution in [2.24, 2.45) is 0 Å². The quantitative estimate of drug-likeness (QED) is 0.709. The molecule has 1 aliphatic heterocycles. The van der Waals surface area contributed by atoms with Crippen LogP contribution in [0.3, 0.4) is 0 Å². The van der Waals surface area contributed by atoms with Gasteiger partial charge >= 0.3 is 0 Å². The molecule has 1 aliphatic rings. The van der Waals surface area contributed by atoms with Crippen molar-refractivity contribution in [3.63, 3.8) is 0 Å². The molecule has 23 heavy (non-hydrogen) atoms. The average Bonchev–Trinajstić information content (AvgIpc) is 3.25. The summed E-state index contributed by atoms with van der Waals surface area (Å²) in [5.74, 6) is 0.725. The molecule has 8 heteroatoms. The third-order valence-corrected chi connectivity index (χ3v) is 8.04. The summed E-state index contributed by atoms with van der Waals surface area (Å²) < 4.78 is 28.6. The van der Waals surface area contributed by atoms with E-state index in [1.165, 1.54) is 11.3 Å². The Balaban J connectivity index is 1.74. The predicted molar refractivity (Wildman–Crippen MR) is 94.0 cm³/mol. The van der Waals surface area contributed by atoms with Gasteiger partial charge in [-0.1, -0.05) is 12.1 Å². The third kappa shape index (κ3) is 2.63. The number of fused-ring (bicyclic) bond motifs is 1. The van der Waals surface area contributed by atoms with Crippen LogP contribution in [0.1, 0.15) is 24.7 Å². The Labute approximate surface area is 146 Å². The molecule has 3 aromatic rings. The summed E-state index contributed by atoms with van der Waals surface area (Å²) in [6.07, 6.45) is 1.62. The van der Waals surface area contributed by atoms with Crippen LogP contribution >= 0.6 is 27.3 Å². The second-order valence-electron chi connectivity index (χ2n) is 5.47. The first kappa shape index (κ1) is 15.3. The molecule has 4 rings (SSSR count). The Kier molecular flexibility index (Phi) is 3.79. The topological polar surface area (TPSA) is 66.1 Å². The number of para-hydroxylation sites is 2. The van der Waals surface area contributed by atoms with E-state index in [9.17, 15) is 8.42 Å². The number of sulfonamides is 1. The number of aromatic amines is 1. The van der Waals surface area contributed by atoms with E-state index in [-0.39, 0.29) is 6.04 Å². The standard InChI is InChI=1S/C15H14BrN3O2S2/c16-13-7-8-14(22-13)23(20,21)19-9-3-6-12(19)15-17-10-4-1-2-5-11(10)18-15/h1-2,4-5,7-8,12H,3,6,9H2,(H,17,18). The van der Waals surface area contributed by atoms with Gasteiger partial charge in [0.2, 0.25) is 0 Å². The summed E-state index contributed by atoms with van der Waals surface area (Å²) in [6.45, 7) is 0.527. The Hall–Kier alpha value is -1.22. The molecule has 1 saturated heterocycles. The zero-order valence-electron chi connectivity index (χ0n) is 12.1. The SMILES string of the molecule is O=S(=O)(c1ccc(Br)s1)N1CCCC1c1nc2ccccc2[nH]1. The van der Waals surface area contributed by atoms with Gasteiger partial charge in [0.1, 0.15) is 10.0 Å². The number of thiophene rings is 1. The van der Waals surface area contributed by atoms with Crippen LogP contribution in [0.2, 0.25) is 0 Å². The number of hydrogen-bond donors (Lipinski definition) is 1. The first-order valence-electron chi connectivity index (χ1n) is 7.27. The number of imidazole rings is 1. The minimum absolute atomic E-state index is 0.228. The van der Waals surface area contributed by atoms with Gasteiger partial charge in [-0.2, -0.15) is 4.31 Å². The molecule has 0 radical (unpaired) electrons. The van der Waals surface area contributed by atoms with E-state index in [0.29, 0.717) is 10.8 Å². The Morgan fingerprint density at radius 2 is 2.09 bits per heavy atom. The fourth-order valence-corrected chi connectivity index (χ4v) is 6.78. The molecule has 2 aromatic heterocycles. The molecule has 1 N–H and O–H groups in total. The van der Waals surface area contributed by atoms with Gasteiger partial charge in [-0.05, 0) is 53.0 Å². The highest BCUT2D eigenvalue weighted by Crippen LogP contribution is 2.38. The molecule has 0 spiro atoms. The predicted octanol–water partition coefficient (Wildman–Crippen LogP) is 3.91. The van der Waals surface area contributed by atoms with Crippen LogP contribution in [0.15, 0.2) is 44.4 Å². The lowest BCUT2D eigenvalue weighted by Gasteiger charge is -2.21. The molecule has 5 nitrogen and oxygen atoms in total. The number of hydrogen-bond acceptors (Lipinski definition) is 4. The Bertz CT molecular complexity index is 931. The highest BCUT2D eigenvalue weighted by Gasteiger charge is 2.38. The number of nitrogens with one attached hydrogen (secondary N) is 1. The van der Waals surface area contributed by atoms with Crippen LogP contribution in [-0.4, -0.2) is 29.2 Å². The van der Waals surface area contributed by atoms with E-state index in [4.69, 9.17) is 0 Å². The summed E-state index contributed by atoms with van der Waals surface area (Å²) in [5.41, 5.74) is 1.80. The summed E-state index contributed by atoms with van der Waals surface area (Å²) in [4.78, 5) is 7.86. The number of aromatic nitrogens is 2. The molecule has 3 heterocycles. The molecule has 1 aromatic carbocycles. The average molecular weight is 412 g/mol. The minimum atomic E-state index is -3.49. The second kappa shape index (κ2) is 5.70. The van der Waals surface area contributed by atoms with Crippen molar-refractivity contribution in [2.75, 3.05) is 6.54 Å². The Morgan fingerprint density at radius 1 is 1.26 bits per heavy atom. The van der Waals surface area contributed by atoms with Crippen molar-refractivity contribution in [3.8, 4) is 0 Å². The van der Waals surface area contributed by atoms with Gasteiger partial charge in [0.15, 0.2) is 0 Å². The lowest BCUT2D eigenvalue weighted by atomic mass is 10.2. The van der Waals surface area contributed by atoms with E-state index in [2.05, 4.69) is 25.9 Å². The number of nitrogens with zero attached hydrogens (tertiary/aromatic N) is 2. The fourth-order valence-electron chi connectivity index (χ4n) is 2.98. The van der Waals surface area contributed by atoms with Crippen LogP contribution in [0.5, 0.6) is 0 Å². The van der Waals surface area contributed by atoms with Crippen molar-refractivity contribution < 1.29 is 8.42 Å². The maximum absolute atomic E-state index is 12.9. The lowest BCUT2D eigenvalue weighted by Crippen LogP contribution is -2.30. The van der Waals surface area contributed by atoms with Gasteiger partial charge in [0.25, 0.3) is 10.0 Å². The van der Waals surface area contributed by atoms with Crippen LogP contribution in [0, 0.1) is 0 Å². The zero-order chi connectivity index (χ0) is 16.0. The van der Waals surface area contributed by atoms with Crippen molar-refractivity contribution >= 4 is 48.3 Å². The van der Waals surface area contributed by atoms with Gasteiger partial charge in [-0.3, -0.25) is 0 Å². The molecule has 0 bridgehead atoms. The molecule has 1 atom stereocenters. The maximum Gasteiger partial charge on any atom is 0.253 e. The summed E-state index contributed by atoms with van der Waals surface area (Å²) in [5, 5.41) is 0. The van der Waals surface area contributed by atoms with E-state index >= 15 is 0 Å². The zero-order valence-corrected chi connectivity index (χ0v) is 15.3. The first-order chi connectivity index (χ1) is 11.1. The molecule has 1 fully saturated rings. The van der Waals surface area contributed by atoms with Crippen LogP contribution < -0.4 is 0 Å². The monoisotopic (exact) mass is 411 g/mol. The molecular weight excluding hydrogens is 398 g/mol. The smallest absolute Gasteiger partial charge is 0.253 e.